The highest BCUT2D eigenvalue weighted by molar-refractivity contribution is 7.80. The molecule has 1 heterocycles. The number of carbonyl (C=O) groups is 2. The molecule has 1 atom stereocenters. The van der Waals surface area contributed by atoms with Gasteiger partial charge < -0.3 is 15.0 Å². The van der Waals surface area contributed by atoms with Crippen LogP contribution in [0.3, 0.4) is 0 Å². The SMILES string of the molecule is COC(=O)NC1CCN(C(=O)CCS)C1. The highest BCUT2D eigenvalue weighted by Crippen LogP contribution is 2.10. The van der Waals surface area contributed by atoms with Gasteiger partial charge in [0.25, 0.3) is 0 Å². The van der Waals surface area contributed by atoms with Crippen LogP contribution in [0.5, 0.6) is 0 Å². The predicted molar refractivity (Wildman–Crippen MR) is 59.0 cm³/mol. The Morgan fingerprint density at radius 3 is 2.93 bits per heavy atom. The number of carbonyl (C=O) groups excluding carboxylic acids is 2. The molecule has 2 amide bonds. The molecule has 86 valence electrons. The number of likely N-dealkylation sites (tertiary alicyclic amines) is 1. The van der Waals surface area contributed by atoms with E-state index in [1.54, 1.807) is 4.90 Å². The number of nitrogens with zero attached hydrogens (tertiary/aromatic N) is 1. The Morgan fingerprint density at radius 1 is 1.60 bits per heavy atom. The third-order valence-corrected chi connectivity index (χ3v) is 2.60. The highest BCUT2D eigenvalue weighted by atomic mass is 32.1. The monoisotopic (exact) mass is 232 g/mol. The van der Waals surface area contributed by atoms with Crippen molar-refractivity contribution in [2.24, 2.45) is 0 Å². The molecular weight excluding hydrogens is 216 g/mol. The minimum absolute atomic E-state index is 0.0151. The number of ether oxygens (including phenoxy) is 1. The number of methoxy groups -OCH3 is 1. The Morgan fingerprint density at radius 2 is 2.33 bits per heavy atom. The van der Waals surface area contributed by atoms with Gasteiger partial charge in [0.05, 0.1) is 13.2 Å². The molecule has 1 aliphatic heterocycles. The number of rotatable bonds is 3. The Kier molecular flexibility index (Phi) is 4.74. The quantitative estimate of drug-likeness (QED) is 0.686. The van der Waals surface area contributed by atoms with Crippen molar-refractivity contribution >= 4 is 24.6 Å². The molecule has 0 aromatic heterocycles. The summed E-state index contributed by atoms with van der Waals surface area (Å²) in [4.78, 5) is 24.1. The lowest BCUT2D eigenvalue weighted by Crippen LogP contribution is -2.38. The molecule has 0 bridgehead atoms. The van der Waals surface area contributed by atoms with Crippen molar-refractivity contribution < 1.29 is 14.3 Å². The van der Waals surface area contributed by atoms with Gasteiger partial charge in [0.2, 0.25) is 5.91 Å². The first-order valence-corrected chi connectivity index (χ1v) is 5.53. The van der Waals surface area contributed by atoms with Crippen molar-refractivity contribution in [2.75, 3.05) is 26.0 Å². The van der Waals surface area contributed by atoms with E-state index in [4.69, 9.17) is 0 Å². The van der Waals surface area contributed by atoms with Crippen LogP contribution >= 0.6 is 12.6 Å². The van der Waals surface area contributed by atoms with E-state index < -0.39 is 6.09 Å². The number of hydrogen-bond acceptors (Lipinski definition) is 4. The summed E-state index contributed by atoms with van der Waals surface area (Å²) in [5.41, 5.74) is 0. The van der Waals surface area contributed by atoms with E-state index in [1.807, 2.05) is 0 Å². The van der Waals surface area contributed by atoms with Crippen molar-refractivity contribution in [1.29, 1.82) is 0 Å². The van der Waals surface area contributed by atoms with Crippen LogP contribution in [0.15, 0.2) is 0 Å². The molecule has 1 fully saturated rings. The molecular formula is C9H16N2O3S. The van der Waals surface area contributed by atoms with Crippen molar-refractivity contribution in [3.05, 3.63) is 0 Å². The van der Waals surface area contributed by atoms with Gasteiger partial charge in [-0.05, 0) is 12.2 Å². The van der Waals surface area contributed by atoms with Gasteiger partial charge in [-0.3, -0.25) is 4.79 Å². The van der Waals surface area contributed by atoms with Crippen LogP contribution in [-0.2, 0) is 9.53 Å². The molecule has 1 saturated heterocycles. The normalized spacial score (nSPS) is 20.1. The number of alkyl carbamates (subject to hydrolysis) is 1. The second-order valence-electron chi connectivity index (χ2n) is 3.43. The fourth-order valence-electron chi connectivity index (χ4n) is 1.58. The van der Waals surface area contributed by atoms with Gasteiger partial charge in [-0.25, -0.2) is 4.79 Å². The van der Waals surface area contributed by atoms with E-state index in [9.17, 15) is 9.59 Å². The highest BCUT2D eigenvalue weighted by Gasteiger charge is 2.26. The largest absolute Gasteiger partial charge is 0.453 e. The number of thiol groups is 1. The molecule has 5 nitrogen and oxygen atoms in total. The molecule has 6 heteroatoms. The number of amides is 2. The first-order valence-electron chi connectivity index (χ1n) is 4.90. The summed E-state index contributed by atoms with van der Waals surface area (Å²) in [6.07, 6.45) is 0.796. The molecule has 0 spiro atoms. The Hall–Kier alpha value is -0.910. The van der Waals surface area contributed by atoms with Gasteiger partial charge in [-0.1, -0.05) is 0 Å². The van der Waals surface area contributed by atoms with E-state index in [-0.39, 0.29) is 11.9 Å². The zero-order valence-corrected chi connectivity index (χ0v) is 9.63. The van der Waals surface area contributed by atoms with Crippen molar-refractivity contribution in [3.8, 4) is 0 Å². The van der Waals surface area contributed by atoms with E-state index in [0.717, 1.165) is 6.42 Å². The minimum Gasteiger partial charge on any atom is -0.453 e. The third kappa shape index (κ3) is 3.62. The molecule has 1 N–H and O–H groups in total. The van der Waals surface area contributed by atoms with Crippen LogP contribution in [-0.4, -0.2) is 48.9 Å². The minimum atomic E-state index is -0.441. The summed E-state index contributed by atoms with van der Waals surface area (Å²) in [7, 11) is 1.33. The fraction of sp³-hybridized carbons (Fsp3) is 0.778. The van der Waals surface area contributed by atoms with Crippen LogP contribution in [0, 0.1) is 0 Å². The number of hydrogen-bond donors (Lipinski definition) is 2. The smallest absolute Gasteiger partial charge is 0.407 e. The van der Waals surface area contributed by atoms with Gasteiger partial charge in [-0.15, -0.1) is 0 Å². The summed E-state index contributed by atoms with van der Waals surface area (Å²) in [6, 6.07) is 0.0151. The zero-order valence-electron chi connectivity index (χ0n) is 8.73. The Bertz CT molecular complexity index is 248. The molecule has 0 aromatic rings. The fourth-order valence-corrected chi connectivity index (χ4v) is 1.78. The van der Waals surface area contributed by atoms with Gasteiger partial charge in [0.1, 0.15) is 0 Å². The lowest BCUT2D eigenvalue weighted by molar-refractivity contribution is -0.129. The topological polar surface area (TPSA) is 58.6 Å². The van der Waals surface area contributed by atoms with Gasteiger partial charge in [-0.2, -0.15) is 12.6 Å². The lowest BCUT2D eigenvalue weighted by atomic mass is 10.3. The average Bonchev–Trinajstić information content (AvgIpc) is 2.66. The Labute approximate surface area is 94.6 Å². The van der Waals surface area contributed by atoms with Crippen LogP contribution in [0.1, 0.15) is 12.8 Å². The standard InChI is InChI=1S/C9H16N2O3S/c1-14-9(13)10-7-2-4-11(6-7)8(12)3-5-15/h7,15H,2-6H2,1H3,(H,10,13). The van der Waals surface area contributed by atoms with Crippen molar-refractivity contribution in [1.82, 2.24) is 10.2 Å². The molecule has 0 aliphatic carbocycles. The van der Waals surface area contributed by atoms with Gasteiger partial charge >= 0.3 is 6.09 Å². The second kappa shape index (κ2) is 5.85. The maximum Gasteiger partial charge on any atom is 0.407 e. The van der Waals surface area contributed by atoms with Crippen LogP contribution in [0.25, 0.3) is 0 Å². The summed E-state index contributed by atoms with van der Waals surface area (Å²) < 4.78 is 4.49. The molecule has 0 aromatic carbocycles. The predicted octanol–water partition coefficient (Wildman–Crippen LogP) is 0.263. The van der Waals surface area contributed by atoms with Gasteiger partial charge in [0, 0.05) is 19.5 Å². The summed E-state index contributed by atoms with van der Waals surface area (Å²) in [5, 5.41) is 2.68. The average molecular weight is 232 g/mol. The lowest BCUT2D eigenvalue weighted by Gasteiger charge is -2.16. The third-order valence-electron chi connectivity index (χ3n) is 2.37. The van der Waals surface area contributed by atoms with Crippen LogP contribution in [0.4, 0.5) is 4.79 Å². The van der Waals surface area contributed by atoms with Gasteiger partial charge in [0.15, 0.2) is 0 Å². The summed E-state index contributed by atoms with van der Waals surface area (Å²) >= 11 is 4.01. The molecule has 1 rings (SSSR count). The van der Waals surface area contributed by atoms with Crippen molar-refractivity contribution in [2.45, 2.75) is 18.9 Å². The van der Waals surface area contributed by atoms with E-state index >= 15 is 0 Å². The summed E-state index contributed by atoms with van der Waals surface area (Å²) in [6.45, 7) is 1.27. The van der Waals surface area contributed by atoms with Crippen LogP contribution < -0.4 is 5.32 Å². The Balaban J connectivity index is 2.32. The van der Waals surface area contributed by atoms with E-state index in [2.05, 4.69) is 22.7 Å². The van der Waals surface area contributed by atoms with E-state index in [0.29, 0.717) is 25.3 Å². The maximum absolute atomic E-state index is 11.5. The zero-order chi connectivity index (χ0) is 11.3. The maximum atomic E-state index is 11.5. The summed E-state index contributed by atoms with van der Waals surface area (Å²) in [5.74, 6) is 0.656. The van der Waals surface area contributed by atoms with Crippen LogP contribution in [0.2, 0.25) is 0 Å². The van der Waals surface area contributed by atoms with E-state index in [1.165, 1.54) is 7.11 Å². The molecule has 0 radical (unpaired) electrons. The number of nitrogens with one attached hydrogen (secondary N) is 1. The molecule has 15 heavy (non-hydrogen) atoms. The molecule has 0 saturated carbocycles. The first-order chi connectivity index (χ1) is 7.17. The second-order valence-corrected chi connectivity index (χ2v) is 3.88. The first kappa shape index (κ1) is 12.2. The van der Waals surface area contributed by atoms with Crippen molar-refractivity contribution in [3.63, 3.8) is 0 Å². The molecule has 1 aliphatic rings. The molecule has 1 unspecified atom stereocenters.